The van der Waals surface area contributed by atoms with Gasteiger partial charge in [0.05, 0.1) is 124 Å². The predicted octanol–water partition coefficient (Wildman–Crippen LogP) is 18.6. The van der Waals surface area contributed by atoms with Crippen molar-refractivity contribution in [2.75, 3.05) is 91.2 Å². The highest BCUT2D eigenvalue weighted by molar-refractivity contribution is 7.92. The summed E-state index contributed by atoms with van der Waals surface area (Å²) < 4.78 is 333. The summed E-state index contributed by atoms with van der Waals surface area (Å²) >= 11 is 0. The number of anilines is 3. The van der Waals surface area contributed by atoms with Crippen LogP contribution in [0.5, 0.6) is 17.2 Å². The molecule has 0 saturated carbocycles. The number of amides is 3. The first-order valence-corrected chi connectivity index (χ1v) is 49.6. The van der Waals surface area contributed by atoms with Gasteiger partial charge in [-0.1, -0.05) is 57.2 Å². The van der Waals surface area contributed by atoms with Crippen LogP contribution in [0, 0.1) is 0 Å². The fourth-order valence-electron chi connectivity index (χ4n) is 15.9. The van der Waals surface area contributed by atoms with Crippen LogP contribution in [0.15, 0.2) is 233 Å². The maximum absolute atomic E-state index is 14.7. The van der Waals surface area contributed by atoms with Crippen molar-refractivity contribution >= 4 is 72.5 Å². The number of hydrogen-bond donors (Lipinski definition) is 4. The van der Waals surface area contributed by atoms with Gasteiger partial charge in [-0.2, -0.15) is 84.3 Å². The summed E-state index contributed by atoms with van der Waals surface area (Å²) in [7, 11) is -16.3. The normalized spacial score (nSPS) is 18.1. The summed E-state index contributed by atoms with van der Waals surface area (Å²) in [6.45, 7) is -8.50. The van der Waals surface area contributed by atoms with Crippen molar-refractivity contribution in [3.8, 4) is 17.2 Å². The number of ether oxygens (including phenoxy) is 6. The van der Waals surface area contributed by atoms with E-state index in [1.165, 1.54) is 166 Å². The summed E-state index contributed by atoms with van der Waals surface area (Å²) in [4.78, 5) is 61.7. The first-order chi connectivity index (χ1) is 64.8. The van der Waals surface area contributed by atoms with Crippen LogP contribution in [0.25, 0.3) is 0 Å². The zero-order chi connectivity index (χ0) is 99.0. The van der Waals surface area contributed by atoms with Crippen molar-refractivity contribution < 1.29 is 152 Å². The summed E-state index contributed by atoms with van der Waals surface area (Å²) in [5.74, 6) is -2.93. The number of sulfone groups is 3. The van der Waals surface area contributed by atoms with Crippen LogP contribution >= 0.6 is 8.17 Å². The van der Waals surface area contributed by atoms with Gasteiger partial charge in [0.25, 0.3) is 17.7 Å². The van der Waals surface area contributed by atoms with Crippen LogP contribution in [-0.4, -0.2) is 181 Å². The van der Waals surface area contributed by atoms with Crippen molar-refractivity contribution in [2.24, 2.45) is 0 Å². The second-order valence-corrected chi connectivity index (χ2v) is 40.7. The zero-order valence-corrected chi connectivity index (χ0v) is 76.8. The Hall–Kier alpha value is -10.9. The van der Waals surface area contributed by atoms with Gasteiger partial charge in [0.2, 0.25) is 0 Å². The predicted molar refractivity (Wildman–Crippen MR) is 474 cm³/mol. The monoisotopic (exact) mass is 2010 g/mol. The number of benzene rings is 9. The minimum Gasteiger partial charge on any atom is -0.489 e. The summed E-state index contributed by atoms with van der Waals surface area (Å²) in [5.41, 5.74) is -0.752. The average Bonchev–Trinajstić information content (AvgIpc) is 1.65. The zero-order valence-electron chi connectivity index (χ0n) is 73.4. The molecule has 0 aliphatic carbocycles. The summed E-state index contributed by atoms with van der Waals surface area (Å²) in [5, 5.41) is 8.73. The third-order valence-corrected chi connectivity index (χ3v) is 30.0. The van der Waals surface area contributed by atoms with E-state index >= 15 is 0 Å². The largest absolute Gasteiger partial charge is 0.572 e. The molecule has 0 unspecified atom stereocenters. The highest BCUT2D eigenvalue weighted by Crippen LogP contribution is 2.59. The van der Waals surface area contributed by atoms with E-state index in [0.717, 1.165) is 72.8 Å². The molecule has 0 aromatic heterocycles. The van der Waals surface area contributed by atoms with Crippen molar-refractivity contribution in [1.29, 1.82) is 0 Å². The molecule has 3 aliphatic heterocycles. The standard InChI is InChI=1S/C93H96F15N6O19PS3/c1-4-135(119,120)79-37-13-58(14-38-79)82(109-85(115)61-7-25-67(26-8-61)112-52-76(49-70(112)55-125-88(94)95)131-73-31-19-64(20-32-73)91(100,101)102)43-46-128-134(118,129-47-44-83(59-15-39-80(40-16-59)136(121,122)5-2)110-86(116)62-9-27-68(28-10-62)113-53-77(50-71(113)56-126-89(96)97)132-74-33-21-65(22-34-74)92(103,104)105)130-48-45-84(60-17-41-81(42-18-60)137(123,124)6-3)111-87(117)63-11-29-69(30-12-63)114-54-78(51-72(114)57-127-90(98)99)133-75-35-23-66(24-36-75)93(106,107)108/h7-42,70-72,76-78,82-84,88-90,118H,4-6,43-57H2,1-3H3,(H2-,109,110,111,115,116,117)/p+1/t70-,71-,72-,76-,77-,78-,82-,83-,84-/m0/s1. The van der Waals surface area contributed by atoms with E-state index in [-0.39, 0.29) is 141 Å². The number of nitrogens with zero attached hydrogens (tertiary/aromatic N) is 3. The Morgan fingerprint density at radius 1 is 0.358 bits per heavy atom. The minimum absolute atomic E-state index is 0.0106. The van der Waals surface area contributed by atoms with Crippen LogP contribution in [-0.2, 0) is 75.8 Å². The molecule has 25 nitrogen and oxygen atoms in total. The van der Waals surface area contributed by atoms with Crippen LogP contribution < -0.4 is 44.9 Å². The van der Waals surface area contributed by atoms with Crippen molar-refractivity contribution in [3.05, 3.63) is 268 Å². The fraction of sp³-hybridized carbons (Fsp3) is 0.387. The number of alkyl halides is 15. The SMILES string of the molecule is CCS(=O)(=O)c1ccc([C@H](CCO[P+](O)(OCC[C@H](NC(=O)c2ccc(N3C[C@@H](Oc4ccc(C(F)(F)F)cc4)C[C@H]3COC(F)F)cc2)c2ccc(S(=O)(=O)CC)cc2)OCC[C@H](NC(=O)c2ccc(N3C[C@@H](Oc4ccc(C(F)(F)F)cc4)C[C@H]3COC(F)F)cc2)c2ccc(S(=O)(=O)CC)cc2)NC(=O)c2ccc(N3C[C@@H](Oc4ccc(C(F)(F)F)cc4)C[C@H]3COC(F)F)cc2)cc1. The lowest BCUT2D eigenvalue weighted by atomic mass is 10.0. The second-order valence-electron chi connectivity index (χ2n) is 32.2. The van der Waals surface area contributed by atoms with E-state index in [1.54, 1.807) is 14.7 Å². The Morgan fingerprint density at radius 2 is 0.584 bits per heavy atom. The Morgan fingerprint density at radius 3 is 0.788 bits per heavy atom. The van der Waals surface area contributed by atoms with Crippen molar-refractivity contribution in [3.63, 3.8) is 0 Å². The quantitative estimate of drug-likeness (QED) is 0.0204. The lowest BCUT2D eigenvalue weighted by Crippen LogP contribution is -2.34. The second kappa shape index (κ2) is 45.8. The molecular formula is C93H97F15N6O19PS3+. The number of halogens is 15. The van der Waals surface area contributed by atoms with E-state index in [9.17, 15) is 110 Å². The molecule has 740 valence electrons. The van der Waals surface area contributed by atoms with Gasteiger partial charge < -0.3 is 59.1 Å². The lowest BCUT2D eigenvalue weighted by Gasteiger charge is -2.26. The maximum Gasteiger partial charge on any atom is 0.572 e. The highest BCUT2D eigenvalue weighted by Gasteiger charge is 2.47. The van der Waals surface area contributed by atoms with Gasteiger partial charge in [-0.15, -0.1) is 0 Å². The summed E-state index contributed by atoms with van der Waals surface area (Å²) in [6, 6.07) is 39.7. The molecule has 4 N–H and O–H groups in total. The van der Waals surface area contributed by atoms with Crippen molar-refractivity contribution in [1.82, 2.24) is 16.0 Å². The lowest BCUT2D eigenvalue weighted by molar-refractivity contribution is -0.138. The molecular weight excluding hydrogens is 1920 g/mol. The number of carbonyl (C=O) groups excluding carboxylic acids is 3. The van der Waals surface area contributed by atoms with Gasteiger partial charge in [-0.3, -0.25) is 14.4 Å². The molecule has 12 rings (SSSR count). The smallest absolute Gasteiger partial charge is 0.489 e. The highest BCUT2D eigenvalue weighted by atomic mass is 32.2. The third kappa shape index (κ3) is 28.9. The molecule has 44 heteroatoms. The van der Waals surface area contributed by atoms with E-state index < -0.39 is 205 Å². The van der Waals surface area contributed by atoms with Gasteiger partial charge in [0, 0.05) is 53.0 Å². The van der Waals surface area contributed by atoms with Crippen LogP contribution in [0.3, 0.4) is 0 Å². The Bertz CT molecular complexity index is 5280. The first kappa shape index (κ1) is 105. The molecule has 9 aromatic carbocycles. The van der Waals surface area contributed by atoms with Crippen molar-refractivity contribution in [2.45, 2.75) is 167 Å². The molecule has 0 bridgehead atoms. The third-order valence-electron chi connectivity index (χ3n) is 23.2. The number of rotatable bonds is 45. The maximum atomic E-state index is 14.7. The average molecular weight is 2010 g/mol. The van der Waals surface area contributed by atoms with Crippen LogP contribution in [0.2, 0.25) is 0 Å². The molecule has 3 saturated heterocycles. The van der Waals surface area contributed by atoms with E-state index in [1.807, 2.05) is 0 Å². The number of carbonyl (C=O) groups is 3. The summed E-state index contributed by atoms with van der Waals surface area (Å²) in [6.07, 6.45) is -16.8. The van der Waals surface area contributed by atoms with Gasteiger partial charge >= 0.3 is 46.5 Å². The molecule has 0 spiro atoms. The molecule has 3 fully saturated rings. The molecule has 0 radical (unpaired) electrons. The van der Waals surface area contributed by atoms with Crippen LogP contribution in [0.4, 0.5) is 82.9 Å². The van der Waals surface area contributed by atoms with E-state index in [0.29, 0.717) is 17.1 Å². The van der Waals surface area contributed by atoms with E-state index in [2.05, 4.69) is 16.0 Å². The van der Waals surface area contributed by atoms with Gasteiger partial charge in [-0.25, -0.2) is 25.3 Å². The fourth-order valence-corrected chi connectivity index (χ4v) is 19.8. The van der Waals surface area contributed by atoms with Gasteiger partial charge in [0.15, 0.2) is 29.5 Å². The molecule has 3 heterocycles. The molecule has 9 aromatic rings. The van der Waals surface area contributed by atoms with Crippen LogP contribution in [0.1, 0.15) is 142 Å². The molecule has 3 aliphatic rings. The molecule has 3 amide bonds. The number of nitrogens with one attached hydrogen (secondary N) is 3. The van der Waals surface area contributed by atoms with E-state index in [4.69, 9.17) is 42.0 Å². The Labute approximate surface area is 780 Å². The first-order valence-electron chi connectivity index (χ1n) is 43.1. The molecule has 9 atom stereocenters. The van der Waals surface area contributed by atoms with Gasteiger partial charge in [-0.05, 0) is 218 Å². The number of hydrogen-bond acceptors (Lipinski definition) is 22. The Balaban J connectivity index is 0.823. The topological polar surface area (TPSA) is 303 Å². The Kier molecular flexibility index (Phi) is 35.1. The van der Waals surface area contributed by atoms with Gasteiger partial charge in [0.1, 0.15) is 55.4 Å². The molecule has 137 heavy (non-hydrogen) atoms. The minimum atomic E-state index is -4.88.